The summed E-state index contributed by atoms with van der Waals surface area (Å²) in [6, 6.07) is 19.6. The molecule has 5 rings (SSSR count). The number of hydrogen-bond acceptors (Lipinski definition) is 5. The Morgan fingerprint density at radius 2 is 1.63 bits per heavy atom. The molecule has 0 unspecified atom stereocenters. The largest absolute Gasteiger partial charge is 0.494 e. The first-order chi connectivity index (χ1) is 17.0. The molecule has 2 heterocycles. The van der Waals surface area contributed by atoms with Gasteiger partial charge >= 0.3 is 0 Å². The molecule has 0 saturated carbocycles. The van der Waals surface area contributed by atoms with Gasteiger partial charge in [0.05, 0.1) is 30.0 Å². The summed E-state index contributed by atoms with van der Waals surface area (Å²) in [7, 11) is 0. The van der Waals surface area contributed by atoms with E-state index >= 15 is 0 Å². The van der Waals surface area contributed by atoms with Gasteiger partial charge in [0.1, 0.15) is 11.6 Å². The van der Waals surface area contributed by atoms with Crippen LogP contribution in [0.4, 0.5) is 10.1 Å². The number of para-hydroxylation sites is 1. The van der Waals surface area contributed by atoms with Gasteiger partial charge in [0.25, 0.3) is 11.8 Å². The van der Waals surface area contributed by atoms with Crippen LogP contribution in [-0.4, -0.2) is 54.4 Å². The fourth-order valence-electron chi connectivity index (χ4n) is 4.86. The van der Waals surface area contributed by atoms with E-state index in [0.717, 1.165) is 49.7 Å². The minimum absolute atomic E-state index is 0.0521. The summed E-state index contributed by atoms with van der Waals surface area (Å²) in [6.45, 7) is 6.63. The van der Waals surface area contributed by atoms with Crippen molar-refractivity contribution in [1.29, 1.82) is 0 Å². The average Bonchev–Trinajstić information content (AvgIpc) is 3.11. The molecule has 180 valence electrons. The minimum atomic E-state index is -0.387. The molecule has 2 aliphatic rings. The Hall–Kier alpha value is -3.71. The first kappa shape index (κ1) is 23.1. The third-order valence-electron chi connectivity index (χ3n) is 6.59. The van der Waals surface area contributed by atoms with Crippen LogP contribution in [0.5, 0.6) is 5.75 Å². The molecule has 0 radical (unpaired) electrons. The highest BCUT2D eigenvalue weighted by Crippen LogP contribution is 2.33. The first-order valence-corrected chi connectivity index (χ1v) is 12.0. The molecule has 0 N–H and O–H groups in total. The van der Waals surface area contributed by atoms with Crippen LogP contribution in [0.2, 0.25) is 0 Å². The lowest BCUT2D eigenvalue weighted by molar-refractivity contribution is 0.0642. The number of anilines is 1. The highest BCUT2D eigenvalue weighted by Gasteiger charge is 2.38. The normalized spacial score (nSPS) is 16.1. The number of hydrogen-bond donors (Lipinski definition) is 0. The van der Waals surface area contributed by atoms with Gasteiger partial charge in [0, 0.05) is 38.3 Å². The Morgan fingerprint density at radius 3 is 2.40 bits per heavy atom. The molecule has 7 heteroatoms. The van der Waals surface area contributed by atoms with Crippen molar-refractivity contribution >= 4 is 17.5 Å². The van der Waals surface area contributed by atoms with Crippen LogP contribution in [0, 0.1) is 5.82 Å². The molecule has 3 aromatic carbocycles. The summed E-state index contributed by atoms with van der Waals surface area (Å²) >= 11 is 0. The summed E-state index contributed by atoms with van der Waals surface area (Å²) < 4.78 is 19.4. The van der Waals surface area contributed by atoms with Gasteiger partial charge in [0.2, 0.25) is 0 Å². The Balaban J connectivity index is 1.30. The molecule has 0 spiro atoms. The van der Waals surface area contributed by atoms with E-state index in [1.807, 2.05) is 37.3 Å². The molecule has 35 heavy (non-hydrogen) atoms. The number of ether oxygens (including phenoxy) is 1. The van der Waals surface area contributed by atoms with Crippen molar-refractivity contribution in [3.8, 4) is 5.75 Å². The van der Waals surface area contributed by atoms with Crippen LogP contribution in [0.1, 0.15) is 38.8 Å². The topological polar surface area (TPSA) is 53.1 Å². The molecular formula is C28H28FN3O3. The molecular weight excluding hydrogens is 445 g/mol. The van der Waals surface area contributed by atoms with Crippen molar-refractivity contribution in [2.75, 3.05) is 37.7 Å². The fourth-order valence-corrected chi connectivity index (χ4v) is 4.86. The first-order valence-electron chi connectivity index (χ1n) is 12.0. The van der Waals surface area contributed by atoms with Crippen LogP contribution >= 0.6 is 0 Å². The molecule has 0 aliphatic carbocycles. The molecule has 6 nitrogen and oxygen atoms in total. The number of fused-ring (bicyclic) bond motifs is 1. The second kappa shape index (κ2) is 9.88. The zero-order valence-electron chi connectivity index (χ0n) is 19.7. The lowest BCUT2D eigenvalue weighted by atomic mass is 10.1. The standard InChI is InChI=1S/C28H28FN3O3/c1-2-35-25-12-4-3-8-21(25)19-30-13-15-31(16-14-30)24-11-6-10-23-26(24)28(34)32(27(23)33)18-20-7-5-9-22(29)17-20/h3-12,17H,2,13-16,18-19H2,1H3. The smallest absolute Gasteiger partial charge is 0.263 e. The zero-order valence-corrected chi connectivity index (χ0v) is 19.7. The Bertz CT molecular complexity index is 1250. The summed E-state index contributed by atoms with van der Waals surface area (Å²) in [5.74, 6) is -0.123. The monoisotopic (exact) mass is 473 g/mol. The Kier molecular flexibility index (Phi) is 6.51. The Labute approximate surface area is 204 Å². The van der Waals surface area contributed by atoms with Gasteiger partial charge in [-0.15, -0.1) is 0 Å². The maximum Gasteiger partial charge on any atom is 0.263 e. The lowest BCUT2D eigenvalue weighted by Gasteiger charge is -2.37. The Morgan fingerprint density at radius 1 is 0.857 bits per heavy atom. The number of nitrogens with zero attached hydrogens (tertiary/aromatic N) is 3. The van der Waals surface area contributed by atoms with E-state index in [4.69, 9.17) is 4.74 Å². The summed E-state index contributed by atoms with van der Waals surface area (Å²) in [5.41, 5.74) is 3.40. The second-order valence-electron chi connectivity index (χ2n) is 8.83. The average molecular weight is 474 g/mol. The number of imide groups is 1. The SMILES string of the molecule is CCOc1ccccc1CN1CCN(c2cccc3c2C(=O)N(Cc2cccc(F)c2)C3=O)CC1. The number of benzene rings is 3. The van der Waals surface area contributed by atoms with E-state index in [1.54, 1.807) is 18.2 Å². The van der Waals surface area contributed by atoms with Crippen molar-refractivity contribution in [3.63, 3.8) is 0 Å². The summed E-state index contributed by atoms with van der Waals surface area (Å²) in [5, 5.41) is 0. The van der Waals surface area contributed by atoms with E-state index in [9.17, 15) is 14.0 Å². The van der Waals surface area contributed by atoms with Gasteiger partial charge in [-0.05, 0) is 42.8 Å². The predicted octanol–water partition coefficient (Wildman–Crippen LogP) is 4.34. The minimum Gasteiger partial charge on any atom is -0.494 e. The number of halogens is 1. The van der Waals surface area contributed by atoms with Crippen LogP contribution in [0.3, 0.4) is 0 Å². The lowest BCUT2D eigenvalue weighted by Crippen LogP contribution is -2.46. The van der Waals surface area contributed by atoms with Crippen LogP contribution < -0.4 is 9.64 Å². The van der Waals surface area contributed by atoms with Crippen LogP contribution in [-0.2, 0) is 13.1 Å². The number of rotatable bonds is 7. The molecule has 0 bridgehead atoms. The van der Waals surface area contributed by atoms with Crippen molar-refractivity contribution in [3.05, 3.63) is 94.8 Å². The van der Waals surface area contributed by atoms with Crippen molar-refractivity contribution in [1.82, 2.24) is 9.80 Å². The van der Waals surface area contributed by atoms with Gasteiger partial charge in [-0.1, -0.05) is 36.4 Å². The van der Waals surface area contributed by atoms with Crippen molar-refractivity contribution < 1.29 is 18.7 Å². The number of amides is 2. The maximum atomic E-state index is 13.6. The van der Waals surface area contributed by atoms with Gasteiger partial charge in [-0.3, -0.25) is 19.4 Å². The van der Waals surface area contributed by atoms with Crippen LogP contribution in [0.25, 0.3) is 0 Å². The number of piperazine rings is 1. The van der Waals surface area contributed by atoms with E-state index in [0.29, 0.717) is 23.3 Å². The third kappa shape index (κ3) is 4.64. The second-order valence-corrected chi connectivity index (χ2v) is 8.83. The van der Waals surface area contributed by atoms with E-state index in [1.165, 1.54) is 17.0 Å². The summed E-state index contributed by atoms with van der Waals surface area (Å²) in [4.78, 5) is 32.1. The number of carbonyl (C=O) groups excluding carboxylic acids is 2. The molecule has 3 aromatic rings. The molecule has 1 fully saturated rings. The highest BCUT2D eigenvalue weighted by atomic mass is 19.1. The third-order valence-corrected chi connectivity index (χ3v) is 6.59. The van der Waals surface area contributed by atoms with Crippen LogP contribution in [0.15, 0.2) is 66.7 Å². The maximum absolute atomic E-state index is 13.6. The van der Waals surface area contributed by atoms with Gasteiger partial charge in [-0.25, -0.2) is 4.39 Å². The molecule has 1 saturated heterocycles. The van der Waals surface area contributed by atoms with Crippen molar-refractivity contribution in [2.45, 2.75) is 20.0 Å². The van der Waals surface area contributed by atoms with Gasteiger partial charge in [-0.2, -0.15) is 0 Å². The molecule has 0 atom stereocenters. The quantitative estimate of drug-likeness (QED) is 0.478. The van der Waals surface area contributed by atoms with Gasteiger partial charge in [0.15, 0.2) is 0 Å². The molecule has 2 aliphatic heterocycles. The van der Waals surface area contributed by atoms with Crippen molar-refractivity contribution in [2.24, 2.45) is 0 Å². The zero-order chi connectivity index (χ0) is 24.4. The molecule has 2 amide bonds. The van der Waals surface area contributed by atoms with E-state index < -0.39 is 0 Å². The van der Waals surface area contributed by atoms with E-state index in [-0.39, 0.29) is 24.2 Å². The molecule has 0 aromatic heterocycles. The predicted molar refractivity (Wildman–Crippen MR) is 132 cm³/mol. The fraction of sp³-hybridized carbons (Fsp3) is 0.286. The summed E-state index contributed by atoms with van der Waals surface area (Å²) in [6.07, 6.45) is 0. The number of carbonyl (C=O) groups is 2. The van der Waals surface area contributed by atoms with Gasteiger partial charge < -0.3 is 9.64 Å². The van der Waals surface area contributed by atoms with E-state index in [2.05, 4.69) is 15.9 Å². The highest BCUT2D eigenvalue weighted by molar-refractivity contribution is 6.23.